The number of hydrogen-bond acceptors (Lipinski definition) is 4. The van der Waals surface area contributed by atoms with Gasteiger partial charge in [-0.1, -0.05) is 43.1 Å². The number of unbranched alkanes of at least 4 members (excludes halogenated alkanes) is 1. The molecule has 0 aliphatic carbocycles. The third kappa shape index (κ3) is 5.85. The first kappa shape index (κ1) is 22.8. The Balaban J connectivity index is 1.51. The zero-order valence-corrected chi connectivity index (χ0v) is 18.6. The third-order valence-corrected chi connectivity index (χ3v) is 5.82. The van der Waals surface area contributed by atoms with Gasteiger partial charge in [0.25, 0.3) is 5.91 Å². The molecule has 2 aromatic rings. The number of nitrogens with one attached hydrogen (secondary N) is 1. The van der Waals surface area contributed by atoms with Gasteiger partial charge in [0.05, 0.1) is 5.92 Å². The Bertz CT molecular complexity index is 959. The molecule has 1 atom stereocenters. The van der Waals surface area contributed by atoms with Crippen molar-refractivity contribution in [2.24, 2.45) is 5.92 Å². The van der Waals surface area contributed by atoms with E-state index < -0.39 is 24.4 Å². The second kappa shape index (κ2) is 10.4. The van der Waals surface area contributed by atoms with Gasteiger partial charge < -0.3 is 15.0 Å². The van der Waals surface area contributed by atoms with Crippen LogP contribution in [0.2, 0.25) is 5.02 Å². The van der Waals surface area contributed by atoms with Crippen molar-refractivity contribution < 1.29 is 19.1 Å². The Morgan fingerprint density at radius 1 is 1.19 bits per heavy atom. The molecule has 3 rings (SSSR count). The molecule has 164 valence electrons. The van der Waals surface area contributed by atoms with Crippen molar-refractivity contribution >= 4 is 40.8 Å². The smallest absolute Gasteiger partial charge is 0.311 e. The Labute approximate surface area is 187 Å². The number of amides is 2. The van der Waals surface area contributed by atoms with Gasteiger partial charge in [0.15, 0.2) is 6.61 Å². The predicted octanol–water partition coefficient (Wildman–Crippen LogP) is 4.53. The van der Waals surface area contributed by atoms with E-state index >= 15 is 0 Å². The van der Waals surface area contributed by atoms with Gasteiger partial charge in [0, 0.05) is 29.4 Å². The first-order chi connectivity index (χ1) is 14.9. The number of benzene rings is 2. The molecule has 7 heteroatoms. The Morgan fingerprint density at radius 2 is 1.94 bits per heavy atom. The van der Waals surface area contributed by atoms with E-state index in [1.165, 1.54) is 5.56 Å². The van der Waals surface area contributed by atoms with Gasteiger partial charge in [0.2, 0.25) is 5.91 Å². The van der Waals surface area contributed by atoms with Crippen molar-refractivity contribution in [1.82, 2.24) is 0 Å². The first-order valence-corrected chi connectivity index (χ1v) is 10.9. The molecule has 2 aromatic carbocycles. The van der Waals surface area contributed by atoms with Crippen LogP contribution in [0, 0.1) is 12.8 Å². The fourth-order valence-corrected chi connectivity index (χ4v) is 3.70. The minimum atomic E-state index is -0.590. The van der Waals surface area contributed by atoms with Crippen molar-refractivity contribution in [2.45, 2.75) is 39.5 Å². The maximum Gasteiger partial charge on any atom is 0.311 e. The SMILES string of the molecule is CCCCc1ccc(N2CC(C(=O)OCC(=O)Nc3cccc(Cl)c3C)CC2=O)cc1. The van der Waals surface area contributed by atoms with Gasteiger partial charge in [-0.3, -0.25) is 14.4 Å². The van der Waals surface area contributed by atoms with Crippen LogP contribution in [-0.4, -0.2) is 30.9 Å². The highest BCUT2D eigenvalue weighted by Crippen LogP contribution is 2.27. The molecule has 1 aliphatic rings. The summed E-state index contributed by atoms with van der Waals surface area (Å²) in [5, 5.41) is 3.22. The molecule has 1 aliphatic heterocycles. The van der Waals surface area contributed by atoms with Crippen molar-refractivity contribution in [3.05, 3.63) is 58.6 Å². The van der Waals surface area contributed by atoms with Crippen LogP contribution in [0.4, 0.5) is 11.4 Å². The highest BCUT2D eigenvalue weighted by Gasteiger charge is 2.36. The second-order valence-electron chi connectivity index (χ2n) is 7.74. The Morgan fingerprint density at radius 3 is 2.65 bits per heavy atom. The molecule has 2 amide bonds. The lowest BCUT2D eigenvalue weighted by Gasteiger charge is -2.17. The molecule has 1 heterocycles. The molecule has 0 radical (unpaired) electrons. The summed E-state index contributed by atoms with van der Waals surface area (Å²) in [6, 6.07) is 13.1. The number of halogens is 1. The highest BCUT2D eigenvalue weighted by atomic mass is 35.5. The summed E-state index contributed by atoms with van der Waals surface area (Å²) >= 11 is 6.05. The maximum atomic E-state index is 12.4. The molecule has 1 fully saturated rings. The summed E-state index contributed by atoms with van der Waals surface area (Å²) in [7, 11) is 0. The topological polar surface area (TPSA) is 75.7 Å². The minimum absolute atomic E-state index is 0.0748. The van der Waals surface area contributed by atoms with Crippen LogP contribution < -0.4 is 10.2 Å². The predicted molar refractivity (Wildman–Crippen MR) is 121 cm³/mol. The summed E-state index contributed by atoms with van der Waals surface area (Å²) < 4.78 is 5.16. The van der Waals surface area contributed by atoms with E-state index in [0.29, 0.717) is 10.7 Å². The van der Waals surface area contributed by atoms with Gasteiger partial charge in [-0.05, 0) is 55.2 Å². The number of aryl methyl sites for hydroxylation is 1. The summed E-state index contributed by atoms with van der Waals surface area (Å²) in [6.45, 7) is 3.78. The monoisotopic (exact) mass is 442 g/mol. The number of ether oxygens (including phenoxy) is 1. The number of hydrogen-bond donors (Lipinski definition) is 1. The number of nitrogens with zero attached hydrogens (tertiary/aromatic N) is 1. The van der Waals surface area contributed by atoms with Crippen LogP contribution in [0.5, 0.6) is 0 Å². The zero-order valence-electron chi connectivity index (χ0n) is 17.8. The largest absolute Gasteiger partial charge is 0.455 e. The summed E-state index contributed by atoms with van der Waals surface area (Å²) in [4.78, 5) is 38.6. The number of rotatable bonds is 8. The molecule has 0 spiro atoms. The Hall–Kier alpha value is -2.86. The summed E-state index contributed by atoms with van der Waals surface area (Å²) in [5.74, 6) is -1.72. The highest BCUT2D eigenvalue weighted by molar-refractivity contribution is 6.31. The van der Waals surface area contributed by atoms with Crippen molar-refractivity contribution in [3.8, 4) is 0 Å². The van der Waals surface area contributed by atoms with Crippen molar-refractivity contribution in [3.63, 3.8) is 0 Å². The molecule has 0 aromatic heterocycles. The third-order valence-electron chi connectivity index (χ3n) is 5.41. The zero-order chi connectivity index (χ0) is 22.4. The lowest BCUT2D eigenvalue weighted by Crippen LogP contribution is -2.28. The van der Waals surface area contributed by atoms with Crippen LogP contribution in [0.15, 0.2) is 42.5 Å². The second-order valence-corrected chi connectivity index (χ2v) is 8.15. The first-order valence-electron chi connectivity index (χ1n) is 10.5. The van der Waals surface area contributed by atoms with E-state index in [9.17, 15) is 14.4 Å². The van der Waals surface area contributed by atoms with Gasteiger partial charge in [-0.15, -0.1) is 0 Å². The van der Waals surface area contributed by atoms with Crippen LogP contribution >= 0.6 is 11.6 Å². The summed E-state index contributed by atoms with van der Waals surface area (Å²) in [5.41, 5.74) is 3.31. The van der Waals surface area contributed by atoms with E-state index in [0.717, 1.165) is 30.5 Å². The van der Waals surface area contributed by atoms with E-state index in [-0.39, 0.29) is 18.9 Å². The normalized spacial score (nSPS) is 15.8. The quantitative estimate of drug-likeness (QED) is 0.609. The molecular formula is C24H27ClN2O4. The number of carbonyl (C=O) groups excluding carboxylic acids is 3. The van der Waals surface area contributed by atoms with Gasteiger partial charge in [-0.25, -0.2) is 0 Å². The maximum absolute atomic E-state index is 12.4. The number of anilines is 2. The van der Waals surface area contributed by atoms with Crippen molar-refractivity contribution in [1.29, 1.82) is 0 Å². The van der Waals surface area contributed by atoms with Gasteiger partial charge in [0.1, 0.15) is 0 Å². The average molecular weight is 443 g/mol. The molecule has 0 bridgehead atoms. The lowest BCUT2D eigenvalue weighted by molar-refractivity contribution is -0.151. The van der Waals surface area contributed by atoms with Crippen LogP contribution in [0.1, 0.15) is 37.3 Å². The van der Waals surface area contributed by atoms with Crippen LogP contribution in [0.3, 0.4) is 0 Å². The molecule has 1 unspecified atom stereocenters. The molecular weight excluding hydrogens is 416 g/mol. The van der Waals surface area contributed by atoms with Crippen molar-refractivity contribution in [2.75, 3.05) is 23.4 Å². The lowest BCUT2D eigenvalue weighted by atomic mass is 10.1. The average Bonchev–Trinajstić information content (AvgIpc) is 3.16. The minimum Gasteiger partial charge on any atom is -0.455 e. The standard InChI is InChI=1S/C24H27ClN2O4/c1-3-4-6-17-9-11-19(12-10-17)27-14-18(13-23(27)29)24(30)31-15-22(28)26-21-8-5-7-20(25)16(21)2/h5,7-12,18H,3-4,6,13-15H2,1-2H3,(H,26,28). The molecule has 0 saturated carbocycles. The fraction of sp³-hybridized carbons (Fsp3) is 0.375. The van der Waals surface area contributed by atoms with Gasteiger partial charge in [-0.2, -0.15) is 0 Å². The molecule has 1 saturated heterocycles. The van der Waals surface area contributed by atoms with Crippen LogP contribution in [-0.2, 0) is 25.5 Å². The van der Waals surface area contributed by atoms with E-state index in [2.05, 4.69) is 12.2 Å². The van der Waals surface area contributed by atoms with E-state index in [1.54, 1.807) is 30.0 Å². The Kier molecular flexibility index (Phi) is 7.69. The fourth-order valence-electron chi connectivity index (χ4n) is 3.52. The molecule has 1 N–H and O–H groups in total. The van der Waals surface area contributed by atoms with E-state index in [1.807, 2.05) is 24.3 Å². The summed E-state index contributed by atoms with van der Waals surface area (Å²) in [6.07, 6.45) is 3.34. The molecule has 31 heavy (non-hydrogen) atoms. The molecule has 6 nitrogen and oxygen atoms in total. The van der Waals surface area contributed by atoms with E-state index in [4.69, 9.17) is 16.3 Å². The van der Waals surface area contributed by atoms with Crippen LogP contribution in [0.25, 0.3) is 0 Å². The van der Waals surface area contributed by atoms with Gasteiger partial charge >= 0.3 is 5.97 Å². The number of carbonyl (C=O) groups is 3. The number of esters is 1.